The Morgan fingerprint density at radius 3 is 2.38 bits per heavy atom. The van der Waals surface area contributed by atoms with Crippen molar-refractivity contribution in [3.8, 4) is 5.75 Å². The van der Waals surface area contributed by atoms with Crippen LogP contribution in [0.25, 0.3) is 0 Å². The minimum absolute atomic E-state index is 0.00289. The molecule has 4 heterocycles. The Hall–Kier alpha value is -4.08. The third kappa shape index (κ3) is 4.47. The summed E-state index contributed by atoms with van der Waals surface area (Å²) in [5.74, 6) is -4.45. The Morgan fingerprint density at radius 1 is 1.00 bits per heavy atom. The van der Waals surface area contributed by atoms with Gasteiger partial charge in [0.05, 0.1) is 6.04 Å². The van der Waals surface area contributed by atoms with Crippen molar-refractivity contribution in [1.29, 1.82) is 0 Å². The Bertz CT molecular complexity index is 1490. The third-order valence-corrected chi connectivity index (χ3v) is 8.10. The van der Waals surface area contributed by atoms with Crippen LogP contribution in [0.3, 0.4) is 0 Å². The van der Waals surface area contributed by atoms with Gasteiger partial charge in [-0.3, -0.25) is 14.4 Å². The van der Waals surface area contributed by atoms with Crippen LogP contribution in [0.5, 0.6) is 5.75 Å². The van der Waals surface area contributed by atoms with Gasteiger partial charge in [-0.25, -0.2) is 13.2 Å². The number of fused-ring (bicyclic) bond motifs is 3. The second kappa shape index (κ2) is 9.91. The van der Waals surface area contributed by atoms with Gasteiger partial charge < -0.3 is 19.5 Å². The summed E-state index contributed by atoms with van der Waals surface area (Å²) in [5, 5.41) is 2.35. The number of halogens is 3. The van der Waals surface area contributed by atoms with Crippen molar-refractivity contribution in [2.75, 3.05) is 0 Å². The summed E-state index contributed by atoms with van der Waals surface area (Å²) in [6.07, 6.45) is 5.22. The van der Waals surface area contributed by atoms with Gasteiger partial charge in [-0.1, -0.05) is 30.3 Å². The van der Waals surface area contributed by atoms with Crippen LogP contribution in [0.2, 0.25) is 0 Å². The Morgan fingerprint density at radius 2 is 1.69 bits per heavy atom. The van der Waals surface area contributed by atoms with Crippen molar-refractivity contribution in [2.24, 2.45) is 5.92 Å². The molecule has 4 aliphatic rings. The molecule has 1 atom stereocenters. The number of pyridine rings is 1. The molecule has 1 unspecified atom stereocenters. The van der Waals surface area contributed by atoms with Crippen molar-refractivity contribution >= 4 is 11.8 Å². The highest BCUT2D eigenvalue weighted by atomic mass is 19.1. The molecule has 0 radical (unpaired) electrons. The summed E-state index contributed by atoms with van der Waals surface area (Å²) in [4.78, 5) is 42.4. The van der Waals surface area contributed by atoms with E-state index in [0.717, 1.165) is 31.2 Å². The highest BCUT2D eigenvalue weighted by Gasteiger charge is 2.48. The summed E-state index contributed by atoms with van der Waals surface area (Å²) in [5.41, 5.74) is -0.763. The number of nitrogens with zero attached hydrogens (tertiary/aromatic N) is 2. The Labute approximate surface area is 222 Å². The van der Waals surface area contributed by atoms with Crippen LogP contribution in [0, 0.1) is 23.4 Å². The third-order valence-electron chi connectivity index (χ3n) is 8.10. The minimum atomic E-state index is -1.15. The van der Waals surface area contributed by atoms with Crippen molar-refractivity contribution in [3.63, 3.8) is 0 Å². The van der Waals surface area contributed by atoms with E-state index in [0.29, 0.717) is 24.6 Å². The lowest BCUT2D eigenvalue weighted by Crippen LogP contribution is -2.62. The molecule has 1 N–H and O–H groups in total. The molecule has 1 aromatic heterocycles. The maximum atomic E-state index is 14.1. The van der Waals surface area contributed by atoms with E-state index < -0.39 is 40.9 Å². The van der Waals surface area contributed by atoms with Gasteiger partial charge in [0.15, 0.2) is 11.4 Å². The number of benzene rings is 2. The molecule has 3 aliphatic heterocycles. The van der Waals surface area contributed by atoms with E-state index in [9.17, 15) is 27.6 Å². The first-order chi connectivity index (χ1) is 18.8. The molecular formula is C29H26F3N3O4. The van der Waals surface area contributed by atoms with Gasteiger partial charge in [0, 0.05) is 43.0 Å². The number of piperidine rings is 2. The number of amides is 2. The fourth-order valence-corrected chi connectivity index (χ4v) is 6.17. The summed E-state index contributed by atoms with van der Waals surface area (Å²) >= 11 is 0. The predicted octanol–water partition coefficient (Wildman–Crippen LogP) is 4.17. The number of hydrogen-bond acceptors (Lipinski definition) is 4. The number of rotatable bonds is 6. The summed E-state index contributed by atoms with van der Waals surface area (Å²) in [6.45, 7) is -0.189. The number of carbonyl (C=O) groups excluding carboxylic acids is 2. The zero-order valence-corrected chi connectivity index (χ0v) is 21.0. The first-order valence-corrected chi connectivity index (χ1v) is 13.0. The number of carbonyl (C=O) groups is 2. The molecule has 202 valence electrons. The molecule has 2 aromatic carbocycles. The molecule has 39 heavy (non-hydrogen) atoms. The largest absolute Gasteiger partial charge is 0.483 e. The van der Waals surface area contributed by atoms with E-state index in [1.54, 1.807) is 4.57 Å². The van der Waals surface area contributed by atoms with Crippen LogP contribution in [-0.4, -0.2) is 33.4 Å². The summed E-state index contributed by atoms with van der Waals surface area (Å²) in [6, 6.07) is 10.2. The first kappa shape index (κ1) is 25.2. The Kier molecular flexibility index (Phi) is 6.40. The maximum Gasteiger partial charge on any atom is 0.275 e. The van der Waals surface area contributed by atoms with Gasteiger partial charge in [0.2, 0.25) is 5.43 Å². The molecule has 2 saturated heterocycles. The second-order valence-corrected chi connectivity index (χ2v) is 10.4. The van der Waals surface area contributed by atoms with Crippen molar-refractivity contribution < 1.29 is 27.5 Å². The summed E-state index contributed by atoms with van der Waals surface area (Å²) < 4.78 is 49.0. The van der Waals surface area contributed by atoms with Gasteiger partial charge in [-0.15, -0.1) is 0 Å². The lowest BCUT2D eigenvalue weighted by atomic mass is 9.73. The van der Waals surface area contributed by atoms with Crippen molar-refractivity contribution in [1.82, 2.24) is 14.8 Å². The van der Waals surface area contributed by atoms with Gasteiger partial charge in [-0.2, -0.15) is 0 Å². The Balaban J connectivity index is 1.37. The second-order valence-electron chi connectivity index (χ2n) is 10.4. The highest BCUT2D eigenvalue weighted by Crippen LogP contribution is 2.43. The van der Waals surface area contributed by atoms with Crippen LogP contribution in [-0.2, 0) is 19.7 Å². The van der Waals surface area contributed by atoms with E-state index in [4.69, 9.17) is 4.74 Å². The molecule has 10 heteroatoms. The van der Waals surface area contributed by atoms with E-state index in [1.165, 1.54) is 6.20 Å². The fourth-order valence-electron chi connectivity index (χ4n) is 6.17. The zero-order valence-electron chi connectivity index (χ0n) is 21.0. The van der Waals surface area contributed by atoms with Gasteiger partial charge in [-0.05, 0) is 37.2 Å². The average Bonchev–Trinajstić information content (AvgIpc) is 2.93. The first-order valence-electron chi connectivity index (χ1n) is 13.0. The molecule has 2 bridgehead atoms. The van der Waals surface area contributed by atoms with Crippen LogP contribution in [0.4, 0.5) is 13.2 Å². The van der Waals surface area contributed by atoms with Crippen molar-refractivity contribution in [3.05, 3.63) is 98.7 Å². The minimum Gasteiger partial charge on any atom is -0.483 e. The topological polar surface area (TPSA) is 80.6 Å². The van der Waals surface area contributed by atoms with Crippen LogP contribution >= 0.6 is 0 Å². The van der Waals surface area contributed by atoms with Gasteiger partial charge in [0.1, 0.15) is 29.6 Å². The molecule has 1 saturated carbocycles. The molecule has 1 aliphatic carbocycles. The number of ether oxygens (including phenoxy) is 1. The lowest BCUT2D eigenvalue weighted by molar-refractivity contribution is -0.0182. The average molecular weight is 538 g/mol. The normalized spacial score (nSPS) is 21.4. The van der Waals surface area contributed by atoms with Crippen molar-refractivity contribution in [2.45, 2.75) is 57.5 Å². The molecule has 2 amide bonds. The van der Waals surface area contributed by atoms with E-state index in [-0.39, 0.29) is 41.6 Å². The quantitative estimate of drug-likeness (QED) is 0.512. The molecule has 7 rings (SSSR count). The predicted molar refractivity (Wildman–Crippen MR) is 135 cm³/mol. The molecule has 0 spiro atoms. The highest BCUT2D eigenvalue weighted by molar-refractivity contribution is 5.99. The van der Waals surface area contributed by atoms with Gasteiger partial charge >= 0.3 is 0 Å². The van der Waals surface area contributed by atoms with E-state index in [1.807, 2.05) is 35.2 Å². The lowest BCUT2D eigenvalue weighted by Gasteiger charge is -2.54. The smallest absolute Gasteiger partial charge is 0.275 e. The van der Waals surface area contributed by atoms with Gasteiger partial charge in [0.25, 0.3) is 11.8 Å². The summed E-state index contributed by atoms with van der Waals surface area (Å²) in [7, 11) is 0. The standard InChI is InChI=1S/C29H26F3N3O4/c30-18-10-22(31)20(23(32)11-18)12-33-28(37)21-13-34-14-24-17-6-8-19(9-7-17)35(24)29(38)25(34)27(26(21)36)39-15-16-4-2-1-3-5-16/h1-5,10-11,13,17,19,24H,6-9,12,14-15H2,(H,33,37). The number of nitrogens with one attached hydrogen (secondary N) is 1. The van der Waals surface area contributed by atoms with E-state index >= 15 is 0 Å². The number of aromatic nitrogens is 1. The molecule has 3 aromatic rings. The van der Waals surface area contributed by atoms with E-state index in [2.05, 4.69) is 5.32 Å². The van der Waals surface area contributed by atoms with Crippen LogP contribution in [0.1, 0.15) is 57.7 Å². The van der Waals surface area contributed by atoms with Crippen LogP contribution in [0.15, 0.2) is 53.5 Å². The fraction of sp³-hybridized carbons (Fsp3) is 0.345. The maximum absolute atomic E-state index is 14.1. The molecular weight excluding hydrogens is 511 g/mol. The monoisotopic (exact) mass is 537 g/mol. The molecule has 7 nitrogen and oxygen atoms in total. The SMILES string of the molecule is O=C(NCc1c(F)cc(F)cc1F)c1cn2c(c(OCc3ccccc3)c1=O)C(=O)N1C3CCC(CC3)C1C2. The molecule has 3 fully saturated rings. The number of hydrogen-bond donors (Lipinski definition) is 1. The van der Waals surface area contributed by atoms with Crippen LogP contribution < -0.4 is 15.5 Å². The zero-order chi connectivity index (χ0) is 27.3.